The summed E-state index contributed by atoms with van der Waals surface area (Å²) in [6.07, 6.45) is 94.2. The summed E-state index contributed by atoms with van der Waals surface area (Å²) < 4.78 is 34.4. The Morgan fingerprint density at radius 3 is 0.879 bits per heavy atom. The van der Waals surface area contributed by atoms with Crippen molar-refractivity contribution in [3.8, 4) is 0 Å². The number of quaternary nitrogens is 1. The molecule has 0 aromatic rings. The van der Waals surface area contributed by atoms with Gasteiger partial charge >= 0.3 is 11.9 Å². The monoisotopic (exact) mass is 1300 g/mol. The Morgan fingerprint density at radius 1 is 0.341 bits per heavy atom. The maximum atomic E-state index is 12.9. The molecule has 2 atom stereocenters. The molecule has 0 saturated carbocycles. The first-order chi connectivity index (χ1) is 44.5. The van der Waals surface area contributed by atoms with E-state index >= 15 is 0 Å². The van der Waals surface area contributed by atoms with Crippen LogP contribution in [0.25, 0.3) is 0 Å². The number of carbonyl (C=O) groups excluding carboxylic acids is 2. The Morgan fingerprint density at radius 2 is 0.593 bits per heavy atom. The molecule has 0 N–H and O–H groups in total. The maximum Gasteiger partial charge on any atom is 0.306 e. The van der Waals surface area contributed by atoms with Crippen molar-refractivity contribution in [1.29, 1.82) is 0 Å². The topological polar surface area (TPSA) is 111 Å². The summed E-state index contributed by atoms with van der Waals surface area (Å²) in [4.78, 5) is 38.2. The van der Waals surface area contributed by atoms with Crippen LogP contribution in [0.2, 0.25) is 0 Å². The standard InChI is InChI=1S/C81H156NO8P/c1-6-8-10-12-14-16-18-20-22-24-26-28-30-32-34-36-37-38-39-40-41-42-43-44-45-46-48-50-52-54-56-58-60-62-64-66-68-70-72-74-81(84)90-79(78-89-91(85,86)88-76-75-82(3,4)5)77-87-80(83)73-71-69-67-65-63-61-59-57-55-53-51-49-47-35-33-31-29-27-25-23-21-19-17-15-13-11-9-7-2/h18,20,24,26,30,32,79H,6-17,19,21-23,25,27-29,31,33-78H2,1-5H3/b20-18-,26-24-,32-30-. The van der Waals surface area contributed by atoms with Gasteiger partial charge in [-0.15, -0.1) is 0 Å². The van der Waals surface area contributed by atoms with Crippen LogP contribution in [0.4, 0.5) is 0 Å². The fourth-order valence-corrected chi connectivity index (χ4v) is 13.0. The fourth-order valence-electron chi connectivity index (χ4n) is 12.3. The van der Waals surface area contributed by atoms with Gasteiger partial charge in [-0.05, 0) is 51.4 Å². The van der Waals surface area contributed by atoms with Crippen LogP contribution >= 0.6 is 7.82 Å². The van der Waals surface area contributed by atoms with E-state index in [2.05, 4.69) is 50.3 Å². The molecule has 0 aromatic heterocycles. The first-order valence-electron chi connectivity index (χ1n) is 40.2. The van der Waals surface area contributed by atoms with Gasteiger partial charge in [-0.1, -0.05) is 391 Å². The van der Waals surface area contributed by atoms with Crippen molar-refractivity contribution < 1.29 is 42.1 Å². The molecule has 0 amide bonds. The van der Waals surface area contributed by atoms with Gasteiger partial charge in [0.1, 0.15) is 19.8 Å². The maximum absolute atomic E-state index is 12.9. The number of rotatable bonds is 76. The summed E-state index contributed by atoms with van der Waals surface area (Å²) in [5, 5.41) is 0. The van der Waals surface area contributed by atoms with Gasteiger partial charge in [0.15, 0.2) is 6.10 Å². The largest absolute Gasteiger partial charge is 0.756 e. The van der Waals surface area contributed by atoms with Crippen molar-refractivity contribution in [3.63, 3.8) is 0 Å². The predicted octanol–water partition coefficient (Wildman–Crippen LogP) is 25.9. The Bertz CT molecular complexity index is 1630. The molecule has 10 heteroatoms. The summed E-state index contributed by atoms with van der Waals surface area (Å²) in [6, 6.07) is 0. The first kappa shape index (κ1) is 89.2. The number of phosphoric ester groups is 1. The summed E-state index contributed by atoms with van der Waals surface area (Å²) in [5.41, 5.74) is 0. The molecule has 9 nitrogen and oxygen atoms in total. The smallest absolute Gasteiger partial charge is 0.306 e. The van der Waals surface area contributed by atoms with E-state index in [-0.39, 0.29) is 32.0 Å². The van der Waals surface area contributed by atoms with E-state index in [9.17, 15) is 19.0 Å². The molecule has 91 heavy (non-hydrogen) atoms. The highest BCUT2D eigenvalue weighted by atomic mass is 31.2. The molecule has 0 aromatic carbocycles. The van der Waals surface area contributed by atoms with Gasteiger partial charge in [-0.25, -0.2) is 0 Å². The van der Waals surface area contributed by atoms with Crippen LogP contribution in [-0.4, -0.2) is 70.0 Å². The summed E-state index contributed by atoms with van der Waals surface area (Å²) in [6.45, 7) is 4.32. The zero-order valence-corrected chi connectivity index (χ0v) is 62.5. The van der Waals surface area contributed by atoms with Crippen molar-refractivity contribution >= 4 is 19.8 Å². The van der Waals surface area contributed by atoms with Gasteiger partial charge in [0, 0.05) is 12.8 Å². The van der Waals surface area contributed by atoms with E-state index < -0.39 is 26.5 Å². The van der Waals surface area contributed by atoms with E-state index in [1.165, 1.54) is 340 Å². The third kappa shape index (κ3) is 77.1. The molecule has 0 aliphatic rings. The average molecular weight is 1300 g/mol. The molecule has 0 radical (unpaired) electrons. The lowest BCUT2D eigenvalue weighted by molar-refractivity contribution is -0.870. The van der Waals surface area contributed by atoms with Gasteiger partial charge in [0.05, 0.1) is 27.7 Å². The lowest BCUT2D eigenvalue weighted by atomic mass is 10.0. The molecule has 0 heterocycles. The van der Waals surface area contributed by atoms with Crippen LogP contribution in [0.5, 0.6) is 0 Å². The molecule has 0 saturated heterocycles. The van der Waals surface area contributed by atoms with Gasteiger partial charge in [0.2, 0.25) is 0 Å². The van der Waals surface area contributed by atoms with Crippen LogP contribution in [0, 0.1) is 0 Å². The van der Waals surface area contributed by atoms with Crippen LogP contribution in [0.15, 0.2) is 36.5 Å². The molecule has 2 unspecified atom stereocenters. The predicted molar refractivity (Wildman–Crippen MR) is 393 cm³/mol. The highest BCUT2D eigenvalue weighted by molar-refractivity contribution is 7.45. The van der Waals surface area contributed by atoms with E-state index in [0.717, 1.165) is 44.9 Å². The second-order valence-corrected chi connectivity index (χ2v) is 30.2. The molecule has 0 fully saturated rings. The van der Waals surface area contributed by atoms with Gasteiger partial charge in [-0.3, -0.25) is 14.2 Å². The van der Waals surface area contributed by atoms with Crippen LogP contribution in [0.1, 0.15) is 418 Å². The van der Waals surface area contributed by atoms with Crippen LogP contribution < -0.4 is 4.89 Å². The number of ether oxygens (including phenoxy) is 2. The van der Waals surface area contributed by atoms with Gasteiger partial charge < -0.3 is 27.9 Å². The minimum atomic E-state index is -4.64. The lowest BCUT2D eigenvalue weighted by Gasteiger charge is -2.28. The van der Waals surface area contributed by atoms with Crippen LogP contribution in [-0.2, 0) is 32.7 Å². The van der Waals surface area contributed by atoms with E-state index in [1.807, 2.05) is 21.1 Å². The zero-order valence-electron chi connectivity index (χ0n) is 61.6. The average Bonchev–Trinajstić information content (AvgIpc) is 3.30. The molecular weight excluding hydrogens is 1150 g/mol. The van der Waals surface area contributed by atoms with Crippen molar-refractivity contribution in [2.75, 3.05) is 47.5 Å². The molecule has 0 bridgehead atoms. The Kier molecular flexibility index (Phi) is 71.1. The number of carbonyl (C=O) groups is 2. The van der Waals surface area contributed by atoms with Crippen molar-refractivity contribution in [2.45, 2.75) is 424 Å². The second-order valence-electron chi connectivity index (χ2n) is 28.8. The molecule has 0 rings (SSSR count). The number of hydrogen-bond donors (Lipinski definition) is 0. The molecule has 0 aliphatic carbocycles. The van der Waals surface area contributed by atoms with E-state index in [0.29, 0.717) is 17.4 Å². The lowest BCUT2D eigenvalue weighted by Crippen LogP contribution is -2.37. The minimum absolute atomic E-state index is 0.0267. The van der Waals surface area contributed by atoms with Crippen molar-refractivity contribution in [2.24, 2.45) is 0 Å². The van der Waals surface area contributed by atoms with Crippen molar-refractivity contribution in [3.05, 3.63) is 36.5 Å². The molecule has 0 aliphatic heterocycles. The Balaban J connectivity index is 3.89. The number of unbranched alkanes of at least 4 members (excludes halogenated alkanes) is 56. The highest BCUT2D eigenvalue weighted by Crippen LogP contribution is 2.38. The third-order valence-corrected chi connectivity index (χ3v) is 19.4. The number of allylic oxidation sites excluding steroid dienone is 6. The first-order valence-corrected chi connectivity index (χ1v) is 41.7. The number of nitrogens with zero attached hydrogens (tertiary/aromatic N) is 1. The molecular formula is C81H156NO8P. The number of phosphoric acid groups is 1. The van der Waals surface area contributed by atoms with Gasteiger partial charge in [-0.2, -0.15) is 0 Å². The van der Waals surface area contributed by atoms with E-state index in [4.69, 9.17) is 18.5 Å². The van der Waals surface area contributed by atoms with Gasteiger partial charge in [0.25, 0.3) is 7.82 Å². The number of likely N-dealkylation sites (N-methyl/N-ethyl adjacent to an activating group) is 1. The highest BCUT2D eigenvalue weighted by Gasteiger charge is 2.22. The van der Waals surface area contributed by atoms with Crippen LogP contribution in [0.3, 0.4) is 0 Å². The number of hydrogen-bond acceptors (Lipinski definition) is 8. The Labute approximate surface area is 567 Å². The summed E-state index contributed by atoms with van der Waals surface area (Å²) >= 11 is 0. The normalized spacial score (nSPS) is 13.2. The molecule has 0 spiro atoms. The summed E-state index contributed by atoms with van der Waals surface area (Å²) in [7, 11) is 1.19. The number of esters is 2. The zero-order chi connectivity index (χ0) is 66.2. The van der Waals surface area contributed by atoms with E-state index in [1.54, 1.807) is 0 Å². The molecule has 538 valence electrons. The SMILES string of the molecule is CCCCCCC/C=C\C/C=C\C/C=C\CCCCCCCCCCCCCCCCCCCCCCCCCCC(=O)OC(COC(=O)CCCCCCCCCCCCCCCCCCCCCCCCCCCCCC)COP(=O)([O-])OCC[N+](C)(C)C. The minimum Gasteiger partial charge on any atom is -0.756 e. The Hall–Kier alpha value is -1.77. The summed E-state index contributed by atoms with van der Waals surface area (Å²) in [5.74, 6) is -0.805. The quantitative estimate of drug-likeness (QED) is 0.0195. The fraction of sp³-hybridized carbons (Fsp3) is 0.901. The van der Waals surface area contributed by atoms with Crippen molar-refractivity contribution in [1.82, 2.24) is 0 Å². The third-order valence-electron chi connectivity index (χ3n) is 18.4. The second kappa shape index (κ2) is 72.5.